The summed E-state index contributed by atoms with van der Waals surface area (Å²) in [5.74, 6) is 0.991. The van der Waals surface area contributed by atoms with Gasteiger partial charge in [-0.25, -0.2) is 0 Å². The molecule has 0 aromatic carbocycles. The summed E-state index contributed by atoms with van der Waals surface area (Å²) < 4.78 is 0. The van der Waals surface area contributed by atoms with E-state index in [-0.39, 0.29) is 29.6 Å². The average molecular weight is 192 g/mol. The molecule has 0 amide bonds. The molecule has 0 heterocycles. The summed E-state index contributed by atoms with van der Waals surface area (Å²) in [5.41, 5.74) is 0. The van der Waals surface area contributed by atoms with Crippen LogP contribution in [0.4, 0.5) is 0 Å². The Morgan fingerprint density at radius 1 is 1.08 bits per heavy atom. The molecule has 1 rings (SSSR count). The normalized spacial score (nSPS) is 17.8. The van der Waals surface area contributed by atoms with E-state index in [0.29, 0.717) is 0 Å². The first-order valence-electron chi connectivity index (χ1n) is 5.37. The monoisotopic (exact) mass is 192 g/mol. The van der Waals surface area contributed by atoms with Crippen LogP contribution in [0, 0.1) is 5.92 Å². The Morgan fingerprint density at radius 2 is 1.77 bits per heavy atom. The van der Waals surface area contributed by atoms with Crippen molar-refractivity contribution in [2.75, 3.05) is 0 Å². The molecule has 0 atom stereocenters. The van der Waals surface area contributed by atoms with Gasteiger partial charge in [0.2, 0.25) is 0 Å². The van der Waals surface area contributed by atoms with Gasteiger partial charge in [-0.2, -0.15) is 0 Å². The molecule has 1 aliphatic rings. The molecule has 72 valence electrons. The molecule has 0 spiro atoms. The van der Waals surface area contributed by atoms with Gasteiger partial charge in [0.05, 0.1) is 0 Å². The van der Waals surface area contributed by atoms with Crippen molar-refractivity contribution in [1.82, 2.24) is 0 Å². The first-order valence-corrected chi connectivity index (χ1v) is 5.37. The molecule has 13 heavy (non-hydrogen) atoms. The zero-order valence-corrected chi connectivity index (χ0v) is 7.93. The van der Waals surface area contributed by atoms with Gasteiger partial charge in [-0.15, -0.1) is 0 Å². The van der Waals surface area contributed by atoms with Crippen LogP contribution in [0.3, 0.4) is 0 Å². The van der Waals surface area contributed by atoms with Crippen LogP contribution in [0.5, 0.6) is 0 Å². The standard InChI is InChI=1S/C11H20O.Na.H/c12-10-6-2-5-9-11-7-3-1-4-8-11;;/h10-11H,1-9H2;;. The maximum atomic E-state index is 10.1. The molecule has 0 aromatic rings. The Labute approximate surface area is 104 Å². The molecule has 0 bridgehead atoms. The van der Waals surface area contributed by atoms with Gasteiger partial charge in [0, 0.05) is 6.42 Å². The number of carbonyl (C=O) groups excluding carboxylic acids is 1. The van der Waals surface area contributed by atoms with Crippen molar-refractivity contribution in [3.05, 3.63) is 0 Å². The summed E-state index contributed by atoms with van der Waals surface area (Å²) in [6.07, 6.45) is 12.8. The van der Waals surface area contributed by atoms with Crippen molar-refractivity contribution >= 4 is 35.8 Å². The molecule has 1 saturated carbocycles. The molecule has 0 saturated heterocycles. The van der Waals surface area contributed by atoms with Crippen LogP contribution in [-0.4, -0.2) is 35.8 Å². The maximum absolute atomic E-state index is 10.1. The van der Waals surface area contributed by atoms with E-state index in [4.69, 9.17) is 0 Å². The molecule has 0 aliphatic heterocycles. The molecule has 1 aliphatic carbocycles. The summed E-state index contributed by atoms with van der Waals surface area (Å²) in [7, 11) is 0. The second-order valence-corrected chi connectivity index (χ2v) is 3.96. The van der Waals surface area contributed by atoms with Crippen molar-refractivity contribution in [2.24, 2.45) is 5.92 Å². The van der Waals surface area contributed by atoms with Gasteiger partial charge < -0.3 is 4.79 Å². The zero-order valence-electron chi connectivity index (χ0n) is 7.93. The molecule has 0 aromatic heterocycles. The quantitative estimate of drug-likeness (QED) is 0.372. The van der Waals surface area contributed by atoms with Gasteiger partial charge in [0.15, 0.2) is 0 Å². The number of unbranched alkanes of at least 4 members (excludes halogenated alkanes) is 2. The third-order valence-electron chi connectivity index (χ3n) is 2.91. The predicted octanol–water partition coefficient (Wildman–Crippen LogP) is 2.68. The van der Waals surface area contributed by atoms with E-state index >= 15 is 0 Å². The third kappa shape index (κ3) is 6.70. The predicted molar refractivity (Wildman–Crippen MR) is 58.3 cm³/mol. The fourth-order valence-electron chi connectivity index (χ4n) is 2.14. The number of rotatable bonds is 5. The van der Waals surface area contributed by atoms with E-state index in [2.05, 4.69) is 0 Å². The summed E-state index contributed by atoms with van der Waals surface area (Å²) in [5, 5.41) is 0. The molecule has 0 unspecified atom stereocenters. The van der Waals surface area contributed by atoms with Crippen LogP contribution >= 0.6 is 0 Å². The van der Waals surface area contributed by atoms with Gasteiger partial charge in [-0.3, -0.25) is 0 Å². The minimum atomic E-state index is 0. The summed E-state index contributed by atoms with van der Waals surface area (Å²) >= 11 is 0. The summed E-state index contributed by atoms with van der Waals surface area (Å²) in [6, 6.07) is 0. The molecular formula is C11H21NaO. The Kier molecular flexibility index (Phi) is 9.71. The first-order chi connectivity index (χ1) is 5.93. The first kappa shape index (κ1) is 13.7. The van der Waals surface area contributed by atoms with E-state index in [1.165, 1.54) is 44.9 Å². The third-order valence-corrected chi connectivity index (χ3v) is 2.91. The Bertz CT molecular complexity index is 119. The SMILES string of the molecule is O=CCCCCC1CCCCC1.[NaH]. The average Bonchev–Trinajstić information content (AvgIpc) is 2.14. The van der Waals surface area contributed by atoms with Gasteiger partial charge in [-0.1, -0.05) is 44.9 Å². The van der Waals surface area contributed by atoms with Crippen LogP contribution in [-0.2, 0) is 4.79 Å². The van der Waals surface area contributed by atoms with E-state index in [1.807, 2.05) is 0 Å². The van der Waals surface area contributed by atoms with Crippen molar-refractivity contribution in [3.8, 4) is 0 Å². The van der Waals surface area contributed by atoms with E-state index < -0.39 is 0 Å². The van der Waals surface area contributed by atoms with Crippen LogP contribution < -0.4 is 0 Å². The van der Waals surface area contributed by atoms with Crippen LogP contribution in [0.25, 0.3) is 0 Å². The second kappa shape index (κ2) is 9.23. The van der Waals surface area contributed by atoms with E-state index in [9.17, 15) is 4.79 Å². The molecule has 0 N–H and O–H groups in total. The van der Waals surface area contributed by atoms with Crippen LogP contribution in [0.15, 0.2) is 0 Å². The second-order valence-electron chi connectivity index (χ2n) is 3.96. The molecule has 1 fully saturated rings. The number of hydrogen-bond acceptors (Lipinski definition) is 1. The van der Waals surface area contributed by atoms with Gasteiger partial charge >= 0.3 is 29.6 Å². The number of hydrogen-bond donors (Lipinski definition) is 0. The Balaban J connectivity index is 0.00000144. The van der Waals surface area contributed by atoms with Crippen molar-refractivity contribution < 1.29 is 4.79 Å². The number of aldehydes is 1. The zero-order chi connectivity index (χ0) is 8.65. The van der Waals surface area contributed by atoms with E-state index in [1.54, 1.807) is 0 Å². The Hall–Kier alpha value is 0.670. The minimum absolute atomic E-state index is 0. The van der Waals surface area contributed by atoms with Gasteiger partial charge in [0.25, 0.3) is 0 Å². The van der Waals surface area contributed by atoms with Crippen LogP contribution in [0.1, 0.15) is 57.8 Å². The molecular weight excluding hydrogens is 171 g/mol. The van der Waals surface area contributed by atoms with Crippen molar-refractivity contribution in [1.29, 1.82) is 0 Å². The van der Waals surface area contributed by atoms with Crippen molar-refractivity contribution in [2.45, 2.75) is 57.8 Å². The fraction of sp³-hybridized carbons (Fsp3) is 0.909. The molecule has 0 radical (unpaired) electrons. The van der Waals surface area contributed by atoms with Gasteiger partial charge in [-0.05, 0) is 12.3 Å². The van der Waals surface area contributed by atoms with E-state index in [0.717, 1.165) is 25.0 Å². The molecule has 1 nitrogen and oxygen atoms in total. The number of carbonyl (C=O) groups is 1. The summed E-state index contributed by atoms with van der Waals surface area (Å²) in [4.78, 5) is 10.1. The summed E-state index contributed by atoms with van der Waals surface area (Å²) in [6.45, 7) is 0. The van der Waals surface area contributed by atoms with Gasteiger partial charge in [0.1, 0.15) is 6.29 Å². The fourth-order valence-corrected chi connectivity index (χ4v) is 2.14. The molecule has 2 heteroatoms. The Morgan fingerprint density at radius 3 is 2.38 bits per heavy atom. The topological polar surface area (TPSA) is 17.1 Å². The van der Waals surface area contributed by atoms with Crippen LogP contribution in [0.2, 0.25) is 0 Å². The van der Waals surface area contributed by atoms with Crippen molar-refractivity contribution in [3.63, 3.8) is 0 Å².